The van der Waals surface area contributed by atoms with Crippen LogP contribution >= 0.6 is 11.3 Å². The Morgan fingerprint density at radius 2 is 1.04 bits per heavy atom. The highest BCUT2D eigenvalue weighted by molar-refractivity contribution is 7.26. The van der Waals surface area contributed by atoms with Gasteiger partial charge in [-0.1, -0.05) is 139 Å². The summed E-state index contributed by atoms with van der Waals surface area (Å²) in [6, 6.07) is 28.0. The number of fused-ring (bicyclic) bond motifs is 4. The van der Waals surface area contributed by atoms with Gasteiger partial charge in [0.25, 0.3) is 0 Å². The molecule has 0 amide bonds. The van der Waals surface area contributed by atoms with Crippen LogP contribution in [-0.4, -0.2) is 15.0 Å². The zero-order valence-electron chi connectivity index (χ0n) is 34.6. The maximum atomic E-state index is 8.86. The number of nitrogens with zero attached hydrogens (tertiary/aromatic N) is 3. The number of thiophene rings is 1. The first-order valence-electron chi connectivity index (χ1n) is 19.9. The van der Waals surface area contributed by atoms with Crippen molar-refractivity contribution in [3.63, 3.8) is 0 Å². The third-order valence-electron chi connectivity index (χ3n) is 8.06. The fourth-order valence-electron chi connectivity index (χ4n) is 5.81. The van der Waals surface area contributed by atoms with E-state index >= 15 is 0 Å². The highest BCUT2D eigenvalue weighted by Crippen LogP contribution is 2.43. The van der Waals surface area contributed by atoms with Crippen molar-refractivity contribution in [1.29, 1.82) is 0 Å². The summed E-state index contributed by atoms with van der Waals surface area (Å²) >= 11 is 1.34. The normalized spacial score (nSPS) is 14.4. The highest BCUT2D eigenvalue weighted by Gasteiger charge is 2.17. The Kier molecular flexibility index (Phi) is 4.59. The molecule has 0 saturated heterocycles. The van der Waals surface area contributed by atoms with E-state index < -0.39 is 60.4 Å². The Hall–Kier alpha value is -5.97. The van der Waals surface area contributed by atoms with E-state index in [-0.39, 0.29) is 22.3 Å². The average Bonchev–Trinajstić information content (AvgIpc) is 3.61. The SMILES string of the molecule is [2H]c1c([2H])c([2H])c(-c2cc(-c3c([2H])c([2H])c([2H])c([2H])c3[2H])c3sc4cc(-c5nc(-c6ccccc6)nc(-c6ccc7ccccc7c6)n5)ccc4c3c2)c([2H])c1[2H]. The second-order valence-electron chi connectivity index (χ2n) is 10.9. The van der Waals surface area contributed by atoms with Gasteiger partial charge >= 0.3 is 0 Å². The van der Waals surface area contributed by atoms with Gasteiger partial charge in [-0.2, -0.15) is 0 Å². The molecular weight excluding hydrogens is 591 g/mol. The Morgan fingerprint density at radius 3 is 1.79 bits per heavy atom. The van der Waals surface area contributed by atoms with E-state index in [1.807, 2.05) is 91.0 Å². The van der Waals surface area contributed by atoms with Crippen LogP contribution in [0.5, 0.6) is 0 Å². The molecule has 7 aromatic carbocycles. The van der Waals surface area contributed by atoms with Gasteiger partial charge in [-0.25, -0.2) is 15.0 Å². The summed E-state index contributed by atoms with van der Waals surface area (Å²) < 4.78 is 86.5. The van der Waals surface area contributed by atoms with Crippen molar-refractivity contribution < 1.29 is 13.7 Å². The average molecular weight is 628 g/mol. The van der Waals surface area contributed by atoms with E-state index in [0.717, 1.165) is 32.0 Å². The molecule has 0 unspecified atom stereocenters. The zero-order valence-corrected chi connectivity index (χ0v) is 25.4. The summed E-state index contributed by atoms with van der Waals surface area (Å²) in [4.78, 5) is 14.8. The van der Waals surface area contributed by atoms with Crippen LogP contribution in [0.2, 0.25) is 0 Å². The van der Waals surface area contributed by atoms with Crippen LogP contribution in [-0.2, 0) is 0 Å². The van der Waals surface area contributed by atoms with Gasteiger partial charge in [0.05, 0.1) is 13.7 Å². The molecule has 0 fully saturated rings. The van der Waals surface area contributed by atoms with Crippen LogP contribution in [0.15, 0.2) is 164 Å². The predicted molar refractivity (Wildman–Crippen MR) is 197 cm³/mol. The summed E-state index contributed by atoms with van der Waals surface area (Å²) in [5.41, 5.74) is 2.72. The topological polar surface area (TPSA) is 38.7 Å². The second-order valence-corrected chi connectivity index (χ2v) is 12.0. The summed E-state index contributed by atoms with van der Waals surface area (Å²) in [5.74, 6) is 1.41. The molecule has 4 heteroatoms. The van der Waals surface area contributed by atoms with Crippen LogP contribution < -0.4 is 0 Å². The number of aromatic nitrogens is 3. The summed E-state index contributed by atoms with van der Waals surface area (Å²) in [6.07, 6.45) is 0. The molecule has 0 aliphatic carbocycles. The largest absolute Gasteiger partial charge is 0.208 e. The fraction of sp³-hybridized carbons (Fsp3) is 0. The Labute approximate surface area is 290 Å². The van der Waals surface area contributed by atoms with Crippen LogP contribution in [0.3, 0.4) is 0 Å². The Balaban J connectivity index is 1.30. The van der Waals surface area contributed by atoms with Gasteiger partial charge in [0.1, 0.15) is 0 Å². The molecule has 2 heterocycles. The maximum Gasteiger partial charge on any atom is 0.164 e. The molecule has 0 saturated carbocycles. The molecule has 0 atom stereocenters. The minimum Gasteiger partial charge on any atom is -0.208 e. The fourth-order valence-corrected chi connectivity index (χ4v) is 7.05. The molecular formula is C43H27N3S. The summed E-state index contributed by atoms with van der Waals surface area (Å²) in [7, 11) is 0. The maximum absolute atomic E-state index is 8.86. The smallest absolute Gasteiger partial charge is 0.164 e. The van der Waals surface area contributed by atoms with Crippen molar-refractivity contribution in [2.24, 2.45) is 0 Å². The monoisotopic (exact) mass is 627 g/mol. The minimum absolute atomic E-state index is 0.0583. The van der Waals surface area contributed by atoms with Crippen molar-refractivity contribution in [3.8, 4) is 56.4 Å². The number of rotatable bonds is 5. The van der Waals surface area contributed by atoms with Crippen molar-refractivity contribution in [3.05, 3.63) is 164 Å². The van der Waals surface area contributed by atoms with E-state index in [9.17, 15) is 0 Å². The van der Waals surface area contributed by atoms with Gasteiger partial charge < -0.3 is 0 Å². The van der Waals surface area contributed by atoms with Crippen LogP contribution in [0.25, 0.3) is 87.4 Å². The third kappa shape index (κ3) is 5.05. The van der Waals surface area contributed by atoms with Crippen LogP contribution in [0, 0.1) is 0 Å². The molecule has 0 aliphatic rings. The molecule has 0 N–H and O–H groups in total. The number of benzene rings is 7. The number of hydrogen-bond acceptors (Lipinski definition) is 4. The number of hydrogen-bond donors (Lipinski definition) is 0. The molecule has 47 heavy (non-hydrogen) atoms. The van der Waals surface area contributed by atoms with Gasteiger partial charge in [-0.05, 0) is 51.7 Å². The molecule has 0 spiro atoms. The molecule has 0 aliphatic heterocycles. The molecule has 9 rings (SSSR count). The van der Waals surface area contributed by atoms with Crippen molar-refractivity contribution in [1.82, 2.24) is 15.0 Å². The molecule has 9 aromatic rings. The Bertz CT molecular complexity index is 3090. The lowest BCUT2D eigenvalue weighted by atomic mass is 9.96. The second kappa shape index (κ2) is 11.4. The lowest BCUT2D eigenvalue weighted by Crippen LogP contribution is -2.00. The standard InChI is InChI=1S/C43H27N3S/c1-4-12-28(13-5-1)35-25-37(30-15-6-2-7-16-30)40-38(26-35)36-23-22-34(27-39(36)47-40)43-45-41(31-17-8-3-9-18-31)44-42(46-43)33-21-20-29-14-10-11-19-32(29)24-33/h1-27H/i1D,2D,4D,5D,6D,7D,12D,13D,15D,16D. The predicted octanol–water partition coefficient (Wildman–Crippen LogP) is 11.7. The summed E-state index contributed by atoms with van der Waals surface area (Å²) in [6.45, 7) is 0. The zero-order chi connectivity index (χ0) is 39.9. The van der Waals surface area contributed by atoms with Crippen molar-refractivity contribution in [2.75, 3.05) is 0 Å². The third-order valence-corrected chi connectivity index (χ3v) is 9.27. The van der Waals surface area contributed by atoms with E-state index in [0.29, 0.717) is 33.1 Å². The van der Waals surface area contributed by atoms with E-state index in [1.54, 1.807) is 12.1 Å². The minimum atomic E-state index is -0.539. The van der Waals surface area contributed by atoms with Gasteiger partial charge in [0.15, 0.2) is 17.5 Å². The van der Waals surface area contributed by atoms with Crippen molar-refractivity contribution >= 4 is 42.3 Å². The first-order chi connectivity index (χ1) is 27.4. The van der Waals surface area contributed by atoms with Gasteiger partial charge in [0.2, 0.25) is 0 Å². The van der Waals surface area contributed by atoms with Crippen molar-refractivity contribution in [2.45, 2.75) is 0 Å². The molecule has 2 aromatic heterocycles. The lowest BCUT2D eigenvalue weighted by molar-refractivity contribution is 1.08. The van der Waals surface area contributed by atoms with E-state index in [4.69, 9.17) is 28.7 Å². The van der Waals surface area contributed by atoms with Gasteiger partial charge in [0, 0.05) is 42.4 Å². The molecule has 220 valence electrons. The van der Waals surface area contributed by atoms with E-state index in [2.05, 4.69) is 0 Å². The molecule has 0 radical (unpaired) electrons. The lowest BCUT2D eigenvalue weighted by Gasteiger charge is -2.09. The highest BCUT2D eigenvalue weighted by atomic mass is 32.1. The molecule has 0 bridgehead atoms. The first kappa shape index (κ1) is 18.9. The van der Waals surface area contributed by atoms with Crippen LogP contribution in [0.1, 0.15) is 13.7 Å². The van der Waals surface area contributed by atoms with Crippen LogP contribution in [0.4, 0.5) is 0 Å². The quantitative estimate of drug-likeness (QED) is 0.191. The first-order valence-corrected chi connectivity index (χ1v) is 15.7. The van der Waals surface area contributed by atoms with Gasteiger partial charge in [-0.3, -0.25) is 0 Å². The van der Waals surface area contributed by atoms with E-state index in [1.165, 1.54) is 11.3 Å². The Morgan fingerprint density at radius 1 is 0.426 bits per heavy atom. The summed E-state index contributed by atoms with van der Waals surface area (Å²) in [5, 5.41) is 3.49. The van der Waals surface area contributed by atoms with Gasteiger partial charge in [-0.15, -0.1) is 11.3 Å². The molecule has 3 nitrogen and oxygen atoms in total.